The third-order valence-electron chi connectivity index (χ3n) is 10.3. The van der Waals surface area contributed by atoms with Crippen molar-refractivity contribution in [3.63, 3.8) is 0 Å². The molecule has 8 nitrogen and oxygen atoms in total. The Morgan fingerprint density at radius 3 is 2.38 bits per heavy atom. The summed E-state index contributed by atoms with van der Waals surface area (Å²) in [6.45, 7) is 3.72. The summed E-state index contributed by atoms with van der Waals surface area (Å²) in [4.78, 5) is 58.8. The van der Waals surface area contributed by atoms with Crippen molar-refractivity contribution in [2.75, 3.05) is 13.1 Å². The molecule has 11 heteroatoms. The maximum absolute atomic E-state index is 14.3. The van der Waals surface area contributed by atoms with Gasteiger partial charge < -0.3 is 9.84 Å². The third kappa shape index (κ3) is 5.50. The molecule has 0 saturated carbocycles. The number of carbonyl (C=O) groups is 4. The zero-order chi connectivity index (χ0) is 33.2. The van der Waals surface area contributed by atoms with Crippen LogP contribution in [0, 0.1) is 17.8 Å². The van der Waals surface area contributed by atoms with Crippen LogP contribution in [0.5, 0.6) is 11.5 Å². The molecule has 47 heavy (non-hydrogen) atoms. The first-order chi connectivity index (χ1) is 22.4. The first kappa shape index (κ1) is 31.1. The molecule has 2 heterocycles. The maximum Gasteiger partial charge on any atom is 0.573 e. The number of carbonyl (C=O) groups excluding carboxylic acids is 4. The predicted molar refractivity (Wildman–Crippen MR) is 163 cm³/mol. The summed E-state index contributed by atoms with van der Waals surface area (Å²) in [5, 5.41) is 10.9. The van der Waals surface area contributed by atoms with Gasteiger partial charge in [-0.25, -0.2) is 0 Å². The van der Waals surface area contributed by atoms with E-state index in [0.717, 1.165) is 37.8 Å². The van der Waals surface area contributed by atoms with E-state index in [1.807, 2.05) is 18.2 Å². The van der Waals surface area contributed by atoms with E-state index in [-0.39, 0.29) is 58.7 Å². The van der Waals surface area contributed by atoms with Crippen molar-refractivity contribution in [1.82, 2.24) is 9.80 Å². The minimum absolute atomic E-state index is 0.0382. The quantitative estimate of drug-likeness (QED) is 0.264. The first-order valence-electron chi connectivity index (χ1n) is 15.8. The number of Topliss-reactive ketones (excluding diaryl/α,β-unsaturated/α-hetero) is 1. The number of likely N-dealkylation sites (tertiary alicyclic amines) is 2. The highest BCUT2D eigenvalue weighted by Crippen LogP contribution is 2.56. The molecule has 2 aromatic carbocycles. The summed E-state index contributed by atoms with van der Waals surface area (Å²) in [6, 6.07) is 12.8. The fourth-order valence-electron chi connectivity index (χ4n) is 8.26. The number of allylic oxidation sites excluding steroid dienone is 6. The Bertz CT molecular complexity index is 1770. The monoisotopic (exact) mass is 646 g/mol. The molecule has 2 amide bonds. The van der Waals surface area contributed by atoms with Crippen LogP contribution in [0.2, 0.25) is 0 Å². The number of hydrogen-bond donors (Lipinski definition) is 1. The second-order valence-electron chi connectivity index (χ2n) is 13.0. The molecular weight excluding hydrogens is 613 g/mol. The zero-order valence-corrected chi connectivity index (χ0v) is 25.6. The number of alkyl halides is 3. The second-order valence-corrected chi connectivity index (χ2v) is 13.0. The highest BCUT2D eigenvalue weighted by atomic mass is 19.4. The molecule has 2 aliphatic heterocycles. The van der Waals surface area contributed by atoms with Crippen LogP contribution < -0.4 is 4.74 Å². The van der Waals surface area contributed by atoms with Gasteiger partial charge in [-0.15, -0.1) is 13.2 Å². The van der Waals surface area contributed by atoms with Gasteiger partial charge in [-0.05, 0) is 68.4 Å². The lowest BCUT2D eigenvalue weighted by Crippen LogP contribution is -2.47. The van der Waals surface area contributed by atoms with Crippen molar-refractivity contribution >= 4 is 23.4 Å². The minimum atomic E-state index is -5.00. The fraction of sp³-hybridized carbons (Fsp3) is 0.389. The van der Waals surface area contributed by atoms with Gasteiger partial charge in [0.15, 0.2) is 11.6 Å². The molecule has 7 rings (SSSR count). The number of fused-ring (bicyclic) bond motifs is 3. The zero-order valence-electron chi connectivity index (χ0n) is 25.6. The van der Waals surface area contributed by atoms with Crippen molar-refractivity contribution in [1.29, 1.82) is 0 Å². The standard InChI is InChI=1S/C36H33F3N2O6/c1-19-15-29(43)32-27(33(19)44)17-25-23(30(32)26-16-22(7-10-28(26)42)47-36(37,38)39)8-9-24-31(25)35(46)41(34(24)45)21-11-13-40(14-12-21)18-20-5-3-2-4-6-20/h2-8,10,15-16,21,24-25,30-31,42H,9,11-14,17-18H2,1H3/t24-,25+,30+,31-/m0/s1. The summed E-state index contributed by atoms with van der Waals surface area (Å²) in [6.07, 6.45) is -0.538. The molecular formula is C36H33F3N2O6. The molecule has 0 radical (unpaired) electrons. The van der Waals surface area contributed by atoms with E-state index in [9.17, 15) is 37.5 Å². The van der Waals surface area contributed by atoms with Gasteiger partial charge in [0.25, 0.3) is 0 Å². The Hall–Kier alpha value is -4.51. The van der Waals surface area contributed by atoms with Gasteiger partial charge in [0.05, 0.1) is 11.8 Å². The van der Waals surface area contributed by atoms with E-state index in [1.165, 1.54) is 23.5 Å². The topological polar surface area (TPSA) is 104 Å². The molecule has 5 aliphatic rings. The average Bonchev–Trinajstić information content (AvgIpc) is 3.29. The van der Waals surface area contributed by atoms with Crippen LogP contribution in [-0.4, -0.2) is 63.8 Å². The molecule has 0 aromatic heterocycles. The van der Waals surface area contributed by atoms with Crippen LogP contribution in [-0.2, 0) is 25.7 Å². The molecule has 244 valence electrons. The van der Waals surface area contributed by atoms with Gasteiger partial charge in [0.2, 0.25) is 11.8 Å². The number of phenolic OH excluding ortho intramolecular Hbond substituents is 1. The van der Waals surface area contributed by atoms with Crippen LogP contribution in [0.15, 0.2) is 83.0 Å². The number of nitrogens with zero attached hydrogens (tertiary/aromatic N) is 2. The summed E-state index contributed by atoms with van der Waals surface area (Å²) >= 11 is 0. The predicted octanol–water partition coefficient (Wildman–Crippen LogP) is 5.38. The van der Waals surface area contributed by atoms with Crippen LogP contribution >= 0.6 is 0 Å². The Morgan fingerprint density at radius 1 is 0.957 bits per heavy atom. The number of piperidine rings is 1. The summed E-state index contributed by atoms with van der Waals surface area (Å²) < 4.78 is 43.6. The van der Waals surface area contributed by atoms with Crippen LogP contribution in [0.4, 0.5) is 13.2 Å². The van der Waals surface area contributed by atoms with Crippen molar-refractivity contribution < 1.29 is 42.2 Å². The highest BCUT2D eigenvalue weighted by molar-refractivity contribution is 6.23. The molecule has 2 fully saturated rings. The van der Waals surface area contributed by atoms with Crippen molar-refractivity contribution in [2.45, 2.75) is 57.5 Å². The van der Waals surface area contributed by atoms with Gasteiger partial charge in [-0.1, -0.05) is 42.0 Å². The number of phenols is 1. The number of ether oxygens (including phenoxy) is 1. The van der Waals surface area contributed by atoms with Crippen molar-refractivity contribution in [3.05, 3.63) is 94.1 Å². The largest absolute Gasteiger partial charge is 0.573 e. The molecule has 1 N–H and O–H groups in total. The molecule has 0 unspecified atom stereocenters. The number of halogens is 3. The number of hydrogen-bond acceptors (Lipinski definition) is 7. The lowest BCUT2D eigenvalue weighted by molar-refractivity contribution is -0.274. The summed E-state index contributed by atoms with van der Waals surface area (Å²) in [5.41, 5.74) is 2.13. The van der Waals surface area contributed by atoms with Crippen LogP contribution in [0.3, 0.4) is 0 Å². The molecule has 4 atom stereocenters. The average molecular weight is 647 g/mol. The smallest absolute Gasteiger partial charge is 0.508 e. The number of rotatable bonds is 5. The van der Waals surface area contributed by atoms with Crippen LogP contribution in [0.1, 0.15) is 49.7 Å². The van der Waals surface area contributed by atoms with E-state index in [1.54, 1.807) is 6.08 Å². The van der Waals surface area contributed by atoms with Crippen LogP contribution in [0.25, 0.3) is 0 Å². The van der Waals surface area contributed by atoms with Crippen molar-refractivity contribution in [3.8, 4) is 11.5 Å². The number of aromatic hydroxyl groups is 1. The van der Waals surface area contributed by atoms with Gasteiger partial charge in [0.1, 0.15) is 11.5 Å². The molecule has 2 saturated heterocycles. The van der Waals surface area contributed by atoms with E-state index < -0.39 is 47.3 Å². The normalized spacial score (nSPS) is 26.9. The number of ketones is 2. The number of amides is 2. The summed E-state index contributed by atoms with van der Waals surface area (Å²) in [5.74, 6) is -5.64. The second kappa shape index (κ2) is 11.6. The van der Waals surface area contributed by atoms with E-state index >= 15 is 0 Å². The van der Waals surface area contributed by atoms with Gasteiger partial charge >= 0.3 is 6.36 Å². The molecule has 2 aromatic rings. The van der Waals surface area contributed by atoms with Gasteiger partial charge in [-0.3, -0.25) is 29.0 Å². The lowest BCUT2D eigenvalue weighted by Gasteiger charge is -2.42. The SMILES string of the molecule is CC1=CC(=O)C2=C(C[C@@H]3C(=CC[C@@H]4C(=O)N(C5CCN(Cc6ccccc6)CC5)C(=O)[C@@H]43)[C@@H]2c2cc(OC(F)(F)F)ccc2O)C1=O. The third-order valence-corrected chi connectivity index (χ3v) is 10.3. The minimum Gasteiger partial charge on any atom is -0.508 e. The fourth-order valence-corrected chi connectivity index (χ4v) is 8.26. The Labute approximate surface area is 269 Å². The van der Waals surface area contributed by atoms with Crippen molar-refractivity contribution in [2.24, 2.45) is 17.8 Å². The lowest BCUT2D eigenvalue weighted by atomic mass is 9.59. The van der Waals surface area contributed by atoms with E-state index in [0.29, 0.717) is 18.4 Å². The Balaban J connectivity index is 1.21. The Kier molecular flexibility index (Phi) is 7.69. The molecule has 0 bridgehead atoms. The van der Waals surface area contributed by atoms with E-state index in [4.69, 9.17) is 0 Å². The molecule has 0 spiro atoms. The summed E-state index contributed by atoms with van der Waals surface area (Å²) in [7, 11) is 0. The van der Waals surface area contributed by atoms with Gasteiger partial charge in [-0.2, -0.15) is 0 Å². The first-order valence-corrected chi connectivity index (χ1v) is 15.8. The highest BCUT2D eigenvalue weighted by Gasteiger charge is 2.57. The molecule has 3 aliphatic carbocycles. The number of benzene rings is 2. The Morgan fingerprint density at radius 2 is 1.68 bits per heavy atom. The van der Waals surface area contributed by atoms with E-state index in [2.05, 4.69) is 21.8 Å². The van der Waals surface area contributed by atoms with Gasteiger partial charge in [0, 0.05) is 53.9 Å². The maximum atomic E-state index is 14.3. The number of imide groups is 1.